The average molecular weight is 572 g/mol. The van der Waals surface area contributed by atoms with Crippen molar-refractivity contribution in [3.8, 4) is 11.4 Å². The van der Waals surface area contributed by atoms with Crippen LogP contribution in [0.4, 0.5) is 22.7 Å². The van der Waals surface area contributed by atoms with E-state index in [0.717, 1.165) is 16.6 Å². The Bertz CT molecular complexity index is 1540. The van der Waals surface area contributed by atoms with E-state index in [9.17, 15) is 9.59 Å². The number of aromatic amines is 1. The van der Waals surface area contributed by atoms with E-state index in [-0.39, 0.29) is 49.0 Å². The highest BCUT2D eigenvalue weighted by Gasteiger charge is 2.10. The molecule has 1 heterocycles. The number of H-pyrrole nitrogens is 1. The highest BCUT2D eigenvalue weighted by atomic mass is 35.5. The number of nitrogens with zero attached hydrogens (tertiary/aromatic N) is 1. The molecule has 0 radical (unpaired) electrons. The van der Waals surface area contributed by atoms with Crippen molar-refractivity contribution in [1.29, 1.82) is 0 Å². The van der Waals surface area contributed by atoms with Crippen molar-refractivity contribution in [3.63, 3.8) is 0 Å². The molecule has 5 aromatic rings. The molecule has 1 aromatic heterocycles. The van der Waals surface area contributed by atoms with Crippen molar-refractivity contribution in [2.24, 2.45) is 0 Å². The van der Waals surface area contributed by atoms with Gasteiger partial charge in [0.05, 0.1) is 11.0 Å². The summed E-state index contributed by atoms with van der Waals surface area (Å²) in [5, 5.41) is 5.75. The molecule has 0 aliphatic rings. The Morgan fingerprint density at radius 3 is 1.63 bits per heavy atom. The molecule has 38 heavy (non-hydrogen) atoms. The molecule has 5 rings (SSSR count). The van der Waals surface area contributed by atoms with Gasteiger partial charge in [-0.25, -0.2) is 4.98 Å². The molecule has 0 atom stereocenters. The topological polar surface area (TPSA) is 139 Å². The van der Waals surface area contributed by atoms with Gasteiger partial charge in [0.15, 0.2) is 0 Å². The van der Waals surface area contributed by atoms with Gasteiger partial charge in [0, 0.05) is 39.4 Å². The predicted octanol–water partition coefficient (Wildman–Crippen LogP) is 6.16. The Morgan fingerprint density at radius 2 is 1.11 bits per heavy atom. The largest absolute Gasteiger partial charge is 0.399 e. The van der Waals surface area contributed by atoms with Crippen LogP contribution in [0.2, 0.25) is 0 Å². The Hall–Kier alpha value is -4.24. The third-order valence-corrected chi connectivity index (χ3v) is 5.50. The van der Waals surface area contributed by atoms with E-state index in [0.29, 0.717) is 39.7 Å². The van der Waals surface area contributed by atoms with Gasteiger partial charge in [-0.3, -0.25) is 9.59 Å². The van der Waals surface area contributed by atoms with Crippen LogP contribution in [-0.2, 0) is 0 Å². The quantitative estimate of drug-likeness (QED) is 0.161. The van der Waals surface area contributed by atoms with Crippen LogP contribution in [0.3, 0.4) is 0 Å². The first-order valence-corrected chi connectivity index (χ1v) is 10.9. The fourth-order valence-corrected chi connectivity index (χ4v) is 3.61. The molecule has 0 bridgehead atoms. The first-order chi connectivity index (χ1) is 16.9. The van der Waals surface area contributed by atoms with Crippen molar-refractivity contribution in [3.05, 3.63) is 102 Å². The first-order valence-electron chi connectivity index (χ1n) is 10.9. The maximum atomic E-state index is 12.5. The summed E-state index contributed by atoms with van der Waals surface area (Å²) in [7, 11) is 0. The Morgan fingerprint density at radius 1 is 0.632 bits per heavy atom. The lowest BCUT2D eigenvalue weighted by molar-refractivity contribution is 0.101. The van der Waals surface area contributed by atoms with Gasteiger partial charge in [0.1, 0.15) is 5.82 Å². The number of rotatable bonds is 5. The number of nitrogens with one attached hydrogen (secondary N) is 3. The Labute approximate surface area is 237 Å². The number of hydrogen-bond acceptors (Lipinski definition) is 5. The fraction of sp³-hybridized carbons (Fsp3) is 0. The van der Waals surface area contributed by atoms with E-state index in [1.165, 1.54) is 0 Å². The molecule has 2 amide bonds. The zero-order valence-corrected chi connectivity index (χ0v) is 22.3. The highest BCUT2D eigenvalue weighted by molar-refractivity contribution is 6.05. The van der Waals surface area contributed by atoms with Gasteiger partial charge < -0.3 is 27.1 Å². The molecule has 4 aromatic carbocycles. The number of halogens is 3. The van der Waals surface area contributed by atoms with E-state index in [1.807, 2.05) is 36.4 Å². The number of aromatic nitrogens is 2. The number of amides is 2. The number of fused-ring (bicyclic) bond motifs is 1. The van der Waals surface area contributed by atoms with Crippen LogP contribution in [0.5, 0.6) is 0 Å². The molecule has 0 saturated carbocycles. The van der Waals surface area contributed by atoms with Gasteiger partial charge in [-0.1, -0.05) is 0 Å². The van der Waals surface area contributed by atoms with Crippen LogP contribution in [0.1, 0.15) is 20.7 Å². The zero-order chi connectivity index (χ0) is 24.4. The molecule has 8 nitrogen and oxygen atoms in total. The number of benzene rings is 4. The van der Waals surface area contributed by atoms with Crippen LogP contribution in [0.25, 0.3) is 22.4 Å². The summed E-state index contributed by atoms with van der Waals surface area (Å²) in [6, 6.07) is 26.3. The minimum absolute atomic E-state index is 0. The molecule has 0 spiro atoms. The number of carbonyl (C=O) groups is 2. The Kier molecular flexibility index (Phi) is 10.1. The maximum Gasteiger partial charge on any atom is 0.255 e. The van der Waals surface area contributed by atoms with Crippen LogP contribution >= 0.6 is 37.2 Å². The summed E-state index contributed by atoms with van der Waals surface area (Å²) in [6.45, 7) is 0. The van der Waals surface area contributed by atoms with E-state index in [1.54, 1.807) is 54.6 Å². The van der Waals surface area contributed by atoms with Crippen molar-refractivity contribution < 1.29 is 9.59 Å². The molecule has 0 saturated heterocycles. The number of nitrogen functional groups attached to an aromatic ring is 2. The summed E-state index contributed by atoms with van der Waals surface area (Å²) in [4.78, 5) is 32.8. The van der Waals surface area contributed by atoms with E-state index in [4.69, 9.17) is 11.5 Å². The lowest BCUT2D eigenvalue weighted by Crippen LogP contribution is -2.11. The number of nitrogens with two attached hydrogens (primary N) is 2. The lowest BCUT2D eigenvalue weighted by atomic mass is 10.1. The molecule has 11 heteroatoms. The monoisotopic (exact) mass is 570 g/mol. The molecule has 0 fully saturated rings. The molecule has 0 unspecified atom stereocenters. The minimum atomic E-state index is -0.222. The predicted molar refractivity (Wildman–Crippen MR) is 161 cm³/mol. The lowest BCUT2D eigenvalue weighted by Gasteiger charge is -2.06. The zero-order valence-electron chi connectivity index (χ0n) is 19.8. The Balaban J connectivity index is 0.00000169. The molecular formula is C27H25Cl3N6O2. The second kappa shape index (κ2) is 12.8. The van der Waals surface area contributed by atoms with Crippen molar-refractivity contribution in [2.75, 3.05) is 22.1 Å². The molecular weight excluding hydrogens is 547 g/mol. The van der Waals surface area contributed by atoms with Crippen molar-refractivity contribution in [2.45, 2.75) is 0 Å². The second-order valence-corrected chi connectivity index (χ2v) is 8.05. The SMILES string of the molecule is Cl.Cl.Cl.Nc1ccc(C(=O)Nc2ccc(-c3nc4ccc(NC(=O)c5ccc(N)cc5)cc4[nH]3)cc2)cc1. The van der Waals surface area contributed by atoms with E-state index >= 15 is 0 Å². The van der Waals surface area contributed by atoms with Crippen LogP contribution in [0, 0.1) is 0 Å². The number of hydrogen-bond donors (Lipinski definition) is 5. The van der Waals surface area contributed by atoms with Gasteiger partial charge in [0.25, 0.3) is 11.8 Å². The van der Waals surface area contributed by atoms with Crippen LogP contribution < -0.4 is 22.1 Å². The third kappa shape index (κ3) is 6.74. The fourth-order valence-electron chi connectivity index (χ4n) is 3.61. The summed E-state index contributed by atoms with van der Waals surface area (Å²) < 4.78 is 0. The molecule has 196 valence electrons. The molecule has 0 aliphatic carbocycles. The minimum Gasteiger partial charge on any atom is -0.399 e. The smallest absolute Gasteiger partial charge is 0.255 e. The third-order valence-electron chi connectivity index (χ3n) is 5.50. The highest BCUT2D eigenvalue weighted by Crippen LogP contribution is 2.25. The standard InChI is InChI=1S/C27H22N6O2.3ClH/c28-19-7-1-17(2-8-19)26(34)30-21-11-5-16(6-12-21)25-32-23-14-13-22(15-24(23)33-25)31-27(35)18-3-9-20(29)10-4-18;;;/h1-15H,28-29H2,(H,30,34)(H,31,35)(H,32,33);3*1H. The second-order valence-electron chi connectivity index (χ2n) is 8.05. The van der Waals surface area contributed by atoms with Gasteiger partial charge in [-0.15, -0.1) is 37.2 Å². The summed E-state index contributed by atoms with van der Waals surface area (Å²) >= 11 is 0. The van der Waals surface area contributed by atoms with Gasteiger partial charge in [-0.2, -0.15) is 0 Å². The van der Waals surface area contributed by atoms with Crippen LogP contribution in [-0.4, -0.2) is 21.8 Å². The first kappa shape index (κ1) is 30.0. The van der Waals surface area contributed by atoms with Gasteiger partial charge >= 0.3 is 0 Å². The van der Waals surface area contributed by atoms with Crippen molar-refractivity contribution in [1.82, 2.24) is 9.97 Å². The van der Waals surface area contributed by atoms with Crippen LogP contribution in [0.15, 0.2) is 91.0 Å². The molecule has 7 N–H and O–H groups in total. The summed E-state index contributed by atoms with van der Waals surface area (Å²) in [6.07, 6.45) is 0. The average Bonchev–Trinajstić information content (AvgIpc) is 3.29. The number of carbonyl (C=O) groups excluding carboxylic acids is 2. The van der Waals surface area contributed by atoms with E-state index in [2.05, 4.69) is 20.6 Å². The summed E-state index contributed by atoms with van der Waals surface area (Å²) in [5.74, 6) is 0.245. The normalized spacial score (nSPS) is 9.89. The van der Waals surface area contributed by atoms with E-state index < -0.39 is 0 Å². The maximum absolute atomic E-state index is 12.5. The molecule has 0 aliphatic heterocycles. The number of anilines is 4. The van der Waals surface area contributed by atoms with Crippen molar-refractivity contribution >= 4 is 82.8 Å². The number of imidazole rings is 1. The van der Waals surface area contributed by atoms with Gasteiger partial charge in [-0.05, 0) is 91.0 Å². The van der Waals surface area contributed by atoms with Gasteiger partial charge in [0.2, 0.25) is 0 Å². The summed E-state index contributed by atoms with van der Waals surface area (Å²) in [5.41, 5.74) is 17.3.